The summed E-state index contributed by atoms with van der Waals surface area (Å²) in [7, 11) is 1.25. The highest BCUT2D eigenvalue weighted by atomic mass is 35.5. The van der Waals surface area contributed by atoms with E-state index in [1.165, 1.54) is 13.2 Å². The van der Waals surface area contributed by atoms with E-state index in [9.17, 15) is 4.79 Å². The highest BCUT2D eigenvalue weighted by Gasteiger charge is 2.18. The van der Waals surface area contributed by atoms with Crippen molar-refractivity contribution >= 4 is 17.6 Å². The molecule has 1 aromatic rings. The van der Waals surface area contributed by atoms with E-state index >= 15 is 0 Å². The fourth-order valence-electron chi connectivity index (χ4n) is 1.20. The number of nitrogens with zero attached hydrogens (tertiary/aromatic N) is 1. The number of benzene rings is 1. The molecule has 0 amide bonds. The molecule has 0 saturated carbocycles. The summed E-state index contributed by atoms with van der Waals surface area (Å²) in [5.74, 6) is -0.586. The molecule has 4 nitrogen and oxygen atoms in total. The van der Waals surface area contributed by atoms with Gasteiger partial charge in [-0.25, -0.2) is 4.79 Å². The smallest absolute Gasteiger partial charge is 0.339 e. The lowest BCUT2D eigenvalue weighted by atomic mass is 10.0. The SMILES string of the molecule is COC(=O)c1c(CN)ccc(C#N)c1Cl. The van der Waals surface area contributed by atoms with Gasteiger partial charge in [0.05, 0.1) is 23.3 Å². The second kappa shape index (κ2) is 4.78. The average Bonchev–Trinajstić information content (AvgIpc) is 2.27. The molecule has 0 heterocycles. The predicted molar refractivity (Wildman–Crippen MR) is 55.4 cm³/mol. The van der Waals surface area contributed by atoms with Crippen molar-refractivity contribution < 1.29 is 9.53 Å². The number of nitrogens with two attached hydrogens (primary N) is 1. The summed E-state index contributed by atoms with van der Waals surface area (Å²) >= 11 is 5.89. The van der Waals surface area contributed by atoms with E-state index in [0.29, 0.717) is 5.56 Å². The topological polar surface area (TPSA) is 76.1 Å². The van der Waals surface area contributed by atoms with Gasteiger partial charge >= 0.3 is 5.97 Å². The fraction of sp³-hybridized carbons (Fsp3) is 0.200. The summed E-state index contributed by atoms with van der Waals surface area (Å²) in [4.78, 5) is 11.4. The third-order valence-electron chi connectivity index (χ3n) is 1.96. The zero-order chi connectivity index (χ0) is 11.4. The minimum atomic E-state index is -0.586. The van der Waals surface area contributed by atoms with Gasteiger partial charge in [0.1, 0.15) is 6.07 Å². The van der Waals surface area contributed by atoms with Crippen LogP contribution in [0.15, 0.2) is 12.1 Å². The van der Waals surface area contributed by atoms with Crippen LogP contribution < -0.4 is 5.73 Å². The Kier molecular flexibility index (Phi) is 3.67. The molecule has 0 aliphatic heterocycles. The zero-order valence-corrected chi connectivity index (χ0v) is 8.84. The van der Waals surface area contributed by atoms with Crippen molar-refractivity contribution in [3.8, 4) is 6.07 Å². The van der Waals surface area contributed by atoms with E-state index in [-0.39, 0.29) is 22.7 Å². The molecule has 15 heavy (non-hydrogen) atoms. The number of ether oxygens (including phenoxy) is 1. The van der Waals surface area contributed by atoms with Crippen molar-refractivity contribution in [1.29, 1.82) is 5.26 Å². The molecular weight excluding hydrogens is 216 g/mol. The minimum absolute atomic E-state index is 0.0901. The quantitative estimate of drug-likeness (QED) is 0.772. The summed E-state index contributed by atoms with van der Waals surface area (Å²) in [5, 5.41) is 8.83. The van der Waals surface area contributed by atoms with E-state index in [1.807, 2.05) is 6.07 Å². The number of carbonyl (C=O) groups is 1. The first-order valence-corrected chi connectivity index (χ1v) is 4.53. The van der Waals surface area contributed by atoms with Crippen LogP contribution in [0.2, 0.25) is 5.02 Å². The first-order chi connectivity index (χ1) is 7.15. The van der Waals surface area contributed by atoms with Crippen molar-refractivity contribution in [1.82, 2.24) is 0 Å². The number of esters is 1. The molecule has 1 aromatic carbocycles. The van der Waals surface area contributed by atoms with Crippen molar-refractivity contribution in [2.24, 2.45) is 5.73 Å². The molecular formula is C10H9ClN2O2. The Balaban J connectivity index is 3.44. The highest BCUT2D eigenvalue weighted by Crippen LogP contribution is 2.24. The first kappa shape index (κ1) is 11.5. The number of methoxy groups -OCH3 is 1. The van der Waals surface area contributed by atoms with Crippen molar-refractivity contribution in [3.63, 3.8) is 0 Å². The number of carbonyl (C=O) groups excluding carboxylic acids is 1. The molecule has 0 aliphatic rings. The van der Waals surface area contributed by atoms with E-state index in [4.69, 9.17) is 22.6 Å². The number of halogens is 1. The van der Waals surface area contributed by atoms with Gasteiger partial charge in [-0.05, 0) is 11.6 Å². The van der Waals surface area contributed by atoms with Crippen LogP contribution in [-0.4, -0.2) is 13.1 Å². The van der Waals surface area contributed by atoms with E-state index in [2.05, 4.69) is 4.74 Å². The molecule has 0 aliphatic carbocycles. The lowest BCUT2D eigenvalue weighted by Gasteiger charge is -2.08. The van der Waals surface area contributed by atoms with Crippen LogP contribution in [0.25, 0.3) is 0 Å². The van der Waals surface area contributed by atoms with Gasteiger partial charge in [-0.2, -0.15) is 5.26 Å². The minimum Gasteiger partial charge on any atom is -0.465 e. The molecule has 0 spiro atoms. The summed E-state index contributed by atoms with van der Waals surface area (Å²) in [6, 6.07) is 5.00. The summed E-state index contributed by atoms with van der Waals surface area (Å²) < 4.78 is 4.57. The van der Waals surface area contributed by atoms with E-state index < -0.39 is 5.97 Å². The maximum absolute atomic E-state index is 11.4. The van der Waals surface area contributed by atoms with Crippen molar-refractivity contribution in [2.75, 3.05) is 7.11 Å². The maximum atomic E-state index is 11.4. The van der Waals surface area contributed by atoms with Crippen LogP contribution >= 0.6 is 11.6 Å². The molecule has 0 bridgehead atoms. The molecule has 78 valence electrons. The van der Waals surface area contributed by atoms with Crippen LogP contribution in [0, 0.1) is 11.3 Å². The molecule has 2 N–H and O–H groups in total. The van der Waals surface area contributed by atoms with Gasteiger partial charge < -0.3 is 10.5 Å². The maximum Gasteiger partial charge on any atom is 0.339 e. The molecule has 0 fully saturated rings. The number of nitriles is 1. The average molecular weight is 225 g/mol. The standard InChI is InChI=1S/C10H9ClN2O2/c1-15-10(14)8-6(4-12)2-3-7(5-13)9(8)11/h2-3H,4,12H2,1H3. The second-order valence-corrected chi connectivity index (χ2v) is 3.15. The molecule has 0 radical (unpaired) electrons. The second-order valence-electron chi connectivity index (χ2n) is 2.77. The van der Waals surface area contributed by atoms with Gasteiger partial charge in [-0.3, -0.25) is 0 Å². The Labute approximate surface area is 92.2 Å². The van der Waals surface area contributed by atoms with Crippen LogP contribution in [0.4, 0.5) is 0 Å². The normalized spacial score (nSPS) is 9.47. The summed E-state index contributed by atoms with van der Waals surface area (Å²) in [5.41, 5.74) is 6.41. The van der Waals surface area contributed by atoms with E-state index in [1.54, 1.807) is 6.07 Å². The Bertz CT molecular complexity index is 438. The van der Waals surface area contributed by atoms with Gasteiger partial charge in [0.2, 0.25) is 0 Å². The molecule has 0 aromatic heterocycles. The van der Waals surface area contributed by atoms with Gasteiger partial charge in [0.25, 0.3) is 0 Å². The van der Waals surface area contributed by atoms with Crippen LogP contribution in [-0.2, 0) is 11.3 Å². The van der Waals surface area contributed by atoms with Crippen LogP contribution in [0.3, 0.4) is 0 Å². The third-order valence-corrected chi connectivity index (χ3v) is 2.35. The third kappa shape index (κ3) is 2.09. The number of rotatable bonds is 2. The fourth-order valence-corrected chi connectivity index (χ4v) is 1.50. The number of hydrogen-bond acceptors (Lipinski definition) is 4. The summed E-state index contributed by atoms with van der Waals surface area (Å²) in [6.45, 7) is 0.163. The highest BCUT2D eigenvalue weighted by molar-refractivity contribution is 6.34. The first-order valence-electron chi connectivity index (χ1n) is 4.15. The summed E-state index contributed by atoms with van der Waals surface area (Å²) in [6.07, 6.45) is 0. The zero-order valence-electron chi connectivity index (χ0n) is 8.08. The van der Waals surface area contributed by atoms with Gasteiger partial charge in [0.15, 0.2) is 0 Å². The molecule has 0 atom stereocenters. The Morgan fingerprint density at radius 2 is 2.33 bits per heavy atom. The van der Waals surface area contributed by atoms with Crippen LogP contribution in [0.1, 0.15) is 21.5 Å². The molecule has 0 saturated heterocycles. The Morgan fingerprint density at radius 1 is 1.67 bits per heavy atom. The lowest BCUT2D eigenvalue weighted by Crippen LogP contribution is -2.10. The molecule has 5 heteroatoms. The van der Waals surface area contributed by atoms with Gasteiger partial charge in [0, 0.05) is 6.54 Å². The lowest BCUT2D eigenvalue weighted by molar-refractivity contribution is 0.0599. The van der Waals surface area contributed by atoms with Gasteiger partial charge in [-0.15, -0.1) is 0 Å². The largest absolute Gasteiger partial charge is 0.465 e. The Hall–Kier alpha value is -1.57. The van der Waals surface area contributed by atoms with Crippen molar-refractivity contribution in [2.45, 2.75) is 6.54 Å². The molecule has 1 rings (SSSR count). The Morgan fingerprint density at radius 3 is 2.80 bits per heavy atom. The number of hydrogen-bond donors (Lipinski definition) is 1. The monoisotopic (exact) mass is 224 g/mol. The van der Waals surface area contributed by atoms with E-state index in [0.717, 1.165) is 0 Å². The van der Waals surface area contributed by atoms with Gasteiger partial charge in [-0.1, -0.05) is 17.7 Å². The molecule has 0 unspecified atom stereocenters. The van der Waals surface area contributed by atoms with Crippen LogP contribution in [0.5, 0.6) is 0 Å². The predicted octanol–water partition coefficient (Wildman–Crippen LogP) is 1.46. The van der Waals surface area contributed by atoms with Crippen molar-refractivity contribution in [3.05, 3.63) is 33.8 Å².